The number of aromatic nitrogens is 2. The molecule has 7 nitrogen and oxygen atoms in total. The number of nitrogens with two attached hydrogens (primary N) is 1. The number of amides is 1. The van der Waals surface area contributed by atoms with Crippen molar-refractivity contribution in [1.29, 1.82) is 0 Å². The first-order valence-corrected chi connectivity index (χ1v) is 11.4. The molecule has 1 aromatic carbocycles. The van der Waals surface area contributed by atoms with E-state index in [9.17, 15) is 4.79 Å². The molecular weight excluding hydrogens is 416 g/mol. The van der Waals surface area contributed by atoms with E-state index in [1.54, 1.807) is 12.3 Å². The number of nitrogens with zero attached hydrogens (tertiary/aromatic N) is 3. The summed E-state index contributed by atoms with van der Waals surface area (Å²) in [6, 6.07) is 13.7. The van der Waals surface area contributed by atoms with Crippen molar-refractivity contribution in [2.45, 2.75) is 32.1 Å². The minimum Gasteiger partial charge on any atom is -0.490 e. The van der Waals surface area contributed by atoms with Crippen molar-refractivity contribution in [1.82, 2.24) is 14.9 Å². The Kier molecular flexibility index (Phi) is 5.86. The lowest BCUT2D eigenvalue weighted by molar-refractivity contribution is -0.129. The number of likely N-dealkylation sites (tertiary alicyclic amines) is 1. The summed E-state index contributed by atoms with van der Waals surface area (Å²) in [4.78, 5) is 24.0. The highest BCUT2D eigenvalue weighted by molar-refractivity contribution is 5.79. The predicted molar refractivity (Wildman–Crippen MR) is 126 cm³/mol. The second-order valence-electron chi connectivity index (χ2n) is 8.73. The van der Waals surface area contributed by atoms with E-state index in [1.165, 1.54) is 0 Å². The molecule has 1 saturated heterocycles. The summed E-state index contributed by atoms with van der Waals surface area (Å²) in [5, 5.41) is 0. The van der Waals surface area contributed by atoms with Crippen LogP contribution in [0.5, 0.6) is 11.5 Å². The summed E-state index contributed by atoms with van der Waals surface area (Å²) in [5.74, 6) is 2.33. The van der Waals surface area contributed by atoms with Crippen molar-refractivity contribution in [2.75, 3.05) is 32.0 Å². The average molecular weight is 445 g/mol. The number of ether oxygens (including phenoxy) is 2. The molecule has 2 aromatic heterocycles. The number of fused-ring (bicyclic) bond motifs is 1. The summed E-state index contributed by atoms with van der Waals surface area (Å²) in [6.45, 7) is 4.71. The van der Waals surface area contributed by atoms with Crippen LogP contribution in [0.3, 0.4) is 0 Å². The van der Waals surface area contributed by atoms with E-state index >= 15 is 0 Å². The molecule has 5 rings (SSSR count). The number of rotatable bonds is 4. The van der Waals surface area contributed by atoms with E-state index in [1.807, 2.05) is 36.1 Å². The van der Waals surface area contributed by atoms with Crippen LogP contribution in [0, 0.1) is 6.92 Å². The Bertz CT molecular complexity index is 1160. The third kappa shape index (κ3) is 4.77. The van der Waals surface area contributed by atoms with Gasteiger partial charge in [0.15, 0.2) is 11.5 Å². The molecule has 7 heteroatoms. The van der Waals surface area contributed by atoms with Crippen molar-refractivity contribution < 1.29 is 14.3 Å². The number of carbonyl (C=O) groups excluding carboxylic acids is 1. The smallest absolute Gasteiger partial charge is 0.227 e. The van der Waals surface area contributed by atoms with Gasteiger partial charge >= 0.3 is 0 Å². The van der Waals surface area contributed by atoms with Crippen molar-refractivity contribution in [3.63, 3.8) is 0 Å². The molecule has 1 atom stereocenters. The van der Waals surface area contributed by atoms with Crippen LogP contribution >= 0.6 is 0 Å². The normalized spacial score (nSPS) is 17.6. The maximum Gasteiger partial charge on any atom is 0.227 e. The Morgan fingerprint density at radius 2 is 1.94 bits per heavy atom. The molecule has 4 heterocycles. The number of pyridine rings is 2. The highest BCUT2D eigenvalue weighted by Gasteiger charge is 2.29. The molecule has 33 heavy (non-hydrogen) atoms. The summed E-state index contributed by atoms with van der Waals surface area (Å²) in [5.41, 5.74) is 10.7. The number of hydrogen-bond acceptors (Lipinski definition) is 6. The molecule has 2 aliphatic heterocycles. The minimum atomic E-state index is 0.127. The molecule has 0 radical (unpaired) electrons. The highest BCUT2D eigenvalue weighted by atomic mass is 16.5. The van der Waals surface area contributed by atoms with Gasteiger partial charge in [-0.15, -0.1) is 0 Å². The molecule has 2 N–H and O–H groups in total. The fourth-order valence-corrected chi connectivity index (χ4v) is 4.48. The first-order valence-electron chi connectivity index (χ1n) is 11.4. The average Bonchev–Trinajstić information content (AvgIpc) is 3.19. The third-order valence-electron chi connectivity index (χ3n) is 6.22. The zero-order valence-electron chi connectivity index (χ0n) is 18.8. The van der Waals surface area contributed by atoms with E-state index < -0.39 is 0 Å². The van der Waals surface area contributed by atoms with Gasteiger partial charge in [0.05, 0.1) is 19.6 Å². The summed E-state index contributed by atoms with van der Waals surface area (Å²) in [7, 11) is 0. The molecule has 3 aromatic rings. The number of benzene rings is 1. The van der Waals surface area contributed by atoms with Gasteiger partial charge in [0.25, 0.3) is 0 Å². The molecule has 0 saturated carbocycles. The van der Waals surface area contributed by atoms with Crippen LogP contribution in [0.1, 0.15) is 35.7 Å². The predicted octanol–water partition coefficient (Wildman–Crippen LogP) is 3.75. The van der Waals surface area contributed by atoms with Crippen LogP contribution in [-0.2, 0) is 11.2 Å². The zero-order valence-corrected chi connectivity index (χ0v) is 18.8. The Labute approximate surface area is 193 Å². The van der Waals surface area contributed by atoms with Crippen LogP contribution < -0.4 is 15.2 Å². The second-order valence-corrected chi connectivity index (χ2v) is 8.73. The van der Waals surface area contributed by atoms with Gasteiger partial charge in [-0.05, 0) is 60.9 Å². The molecule has 0 spiro atoms. The zero-order chi connectivity index (χ0) is 22.8. The van der Waals surface area contributed by atoms with Crippen LogP contribution in [-0.4, -0.2) is 47.1 Å². The number of anilines is 1. The fraction of sp³-hybridized carbons (Fsp3) is 0.346. The summed E-state index contributed by atoms with van der Waals surface area (Å²) < 4.78 is 11.5. The van der Waals surface area contributed by atoms with Crippen LogP contribution in [0.4, 0.5) is 5.82 Å². The lowest BCUT2D eigenvalue weighted by Crippen LogP contribution is -2.30. The molecule has 1 fully saturated rings. The Morgan fingerprint density at radius 3 is 2.76 bits per heavy atom. The van der Waals surface area contributed by atoms with E-state index in [0.717, 1.165) is 59.0 Å². The lowest BCUT2D eigenvalue weighted by atomic mass is 9.99. The number of aryl methyl sites for hydroxylation is 1. The van der Waals surface area contributed by atoms with Gasteiger partial charge in [0.2, 0.25) is 5.91 Å². The topological polar surface area (TPSA) is 90.6 Å². The first kappa shape index (κ1) is 21.2. The molecule has 0 aliphatic carbocycles. The van der Waals surface area contributed by atoms with Gasteiger partial charge in [0.1, 0.15) is 5.82 Å². The molecule has 2 aliphatic rings. The maximum atomic E-state index is 13.0. The fourth-order valence-electron chi connectivity index (χ4n) is 4.48. The Balaban J connectivity index is 1.27. The van der Waals surface area contributed by atoms with Gasteiger partial charge in [-0.2, -0.15) is 0 Å². The maximum absolute atomic E-state index is 13.0. The number of carbonyl (C=O) groups is 1. The summed E-state index contributed by atoms with van der Waals surface area (Å²) >= 11 is 0. The van der Waals surface area contributed by atoms with Crippen molar-refractivity contribution in [2.24, 2.45) is 0 Å². The number of hydrogen-bond donors (Lipinski definition) is 1. The van der Waals surface area contributed by atoms with Gasteiger partial charge < -0.3 is 20.1 Å². The van der Waals surface area contributed by atoms with E-state index in [0.29, 0.717) is 32.0 Å². The Hall–Kier alpha value is -3.61. The molecular formula is C26H28N4O3. The molecule has 170 valence electrons. The van der Waals surface area contributed by atoms with Crippen molar-refractivity contribution in [3.05, 3.63) is 65.6 Å². The SMILES string of the molecule is Cc1cc(-c2ccc(N)nc2)cc([C@H]2CCN(C(=O)Cc3ccc4c(c3)OCCCO4)C2)n1. The molecule has 0 bridgehead atoms. The quantitative estimate of drug-likeness (QED) is 0.659. The second kappa shape index (κ2) is 9.10. The summed E-state index contributed by atoms with van der Waals surface area (Å²) in [6.07, 6.45) is 3.91. The van der Waals surface area contributed by atoms with Gasteiger partial charge in [0, 0.05) is 48.6 Å². The largest absolute Gasteiger partial charge is 0.490 e. The van der Waals surface area contributed by atoms with Crippen molar-refractivity contribution >= 4 is 11.7 Å². The van der Waals surface area contributed by atoms with Crippen LogP contribution in [0.25, 0.3) is 11.1 Å². The molecule has 0 unspecified atom stereocenters. The lowest BCUT2D eigenvalue weighted by Gasteiger charge is -2.18. The van der Waals surface area contributed by atoms with Crippen LogP contribution in [0.2, 0.25) is 0 Å². The molecule has 1 amide bonds. The van der Waals surface area contributed by atoms with E-state index in [4.69, 9.17) is 20.2 Å². The Morgan fingerprint density at radius 1 is 1.09 bits per heavy atom. The standard InChI is InChI=1S/C26H28N4O3/c1-17-11-21(19-4-6-25(27)28-15-19)14-22(29-17)20-7-8-30(16-20)26(31)13-18-3-5-23-24(12-18)33-10-2-9-32-23/h3-6,11-12,14-15,20H,2,7-10,13,16H2,1H3,(H2,27,28)/t20-/m0/s1. The first-order chi connectivity index (χ1) is 16.0. The third-order valence-corrected chi connectivity index (χ3v) is 6.22. The number of nitrogen functional groups attached to an aromatic ring is 1. The van der Waals surface area contributed by atoms with Gasteiger partial charge in [-0.1, -0.05) is 6.07 Å². The van der Waals surface area contributed by atoms with Gasteiger partial charge in [-0.25, -0.2) is 4.98 Å². The minimum absolute atomic E-state index is 0.127. The highest BCUT2D eigenvalue weighted by Crippen LogP contribution is 2.32. The van der Waals surface area contributed by atoms with Crippen molar-refractivity contribution in [3.8, 4) is 22.6 Å². The van der Waals surface area contributed by atoms with E-state index in [2.05, 4.69) is 17.1 Å². The van der Waals surface area contributed by atoms with Gasteiger partial charge in [-0.3, -0.25) is 9.78 Å². The van der Waals surface area contributed by atoms with Crippen LogP contribution in [0.15, 0.2) is 48.7 Å². The monoisotopic (exact) mass is 444 g/mol. The van der Waals surface area contributed by atoms with E-state index in [-0.39, 0.29) is 11.8 Å².